The van der Waals surface area contributed by atoms with Crippen LogP contribution in [0.2, 0.25) is 0 Å². The van der Waals surface area contributed by atoms with E-state index >= 15 is 0 Å². The van der Waals surface area contributed by atoms with Crippen LogP contribution in [0.4, 0.5) is 16.2 Å². The normalized spacial score (nSPS) is 18.6. The minimum atomic E-state index is -0.472. The molecule has 3 rings (SSSR count). The number of ether oxygens (including phenoxy) is 1. The number of amides is 1. The van der Waals surface area contributed by atoms with Crippen molar-refractivity contribution in [2.45, 2.75) is 64.5 Å². The summed E-state index contributed by atoms with van der Waals surface area (Å²) in [7, 11) is 0. The molecule has 1 saturated carbocycles. The van der Waals surface area contributed by atoms with Crippen LogP contribution in [0, 0.1) is 0 Å². The fourth-order valence-electron chi connectivity index (χ4n) is 3.45. The van der Waals surface area contributed by atoms with Crippen molar-refractivity contribution < 1.29 is 9.53 Å². The van der Waals surface area contributed by atoms with Crippen molar-refractivity contribution in [3.8, 4) is 0 Å². The van der Waals surface area contributed by atoms with Gasteiger partial charge in [0.2, 0.25) is 0 Å². The van der Waals surface area contributed by atoms with E-state index in [0.29, 0.717) is 24.8 Å². The molecule has 1 aliphatic heterocycles. The van der Waals surface area contributed by atoms with E-state index in [-0.39, 0.29) is 6.09 Å². The average molecular weight is 358 g/mol. The summed E-state index contributed by atoms with van der Waals surface area (Å²) < 4.78 is 5.44. The second-order valence-corrected chi connectivity index (χ2v) is 8.19. The number of nitrogens with one attached hydrogen (secondary N) is 1. The minimum Gasteiger partial charge on any atom is -0.444 e. The average Bonchev–Trinajstić information content (AvgIpc) is 3.08. The van der Waals surface area contributed by atoms with Crippen molar-refractivity contribution in [2.24, 2.45) is 0 Å². The standard InChI is InChI=1S/C20H30N4O2/c1-20(2,3)26-19(25)24-10-8-14(9-11-24)17-12-18(16(21)13-22-17)23-15-6-4-5-7-15/h8,12-13,15H,4-7,9-11,21H2,1-3H3,(H,22,23). The Hall–Kier alpha value is -2.24. The monoisotopic (exact) mass is 358 g/mol. The quantitative estimate of drug-likeness (QED) is 0.852. The largest absolute Gasteiger partial charge is 0.444 e. The lowest BCUT2D eigenvalue weighted by Gasteiger charge is -2.29. The number of nitrogens with zero attached hydrogens (tertiary/aromatic N) is 2. The number of carbonyl (C=O) groups is 1. The molecule has 142 valence electrons. The molecule has 1 aromatic heterocycles. The lowest BCUT2D eigenvalue weighted by atomic mass is 10.0. The SMILES string of the molecule is CC(C)(C)OC(=O)N1CC=C(c2cc(NC3CCCC3)c(N)cn2)CC1. The molecule has 0 radical (unpaired) electrons. The number of anilines is 2. The van der Waals surface area contributed by atoms with Gasteiger partial charge in [-0.25, -0.2) is 4.79 Å². The predicted molar refractivity (Wildman–Crippen MR) is 105 cm³/mol. The smallest absolute Gasteiger partial charge is 0.410 e. The number of pyridine rings is 1. The fourth-order valence-corrected chi connectivity index (χ4v) is 3.45. The van der Waals surface area contributed by atoms with Crippen LogP contribution in [0.15, 0.2) is 18.3 Å². The lowest BCUT2D eigenvalue weighted by Crippen LogP contribution is -2.39. The van der Waals surface area contributed by atoms with Crippen LogP contribution >= 0.6 is 0 Å². The van der Waals surface area contributed by atoms with E-state index < -0.39 is 5.60 Å². The zero-order valence-electron chi connectivity index (χ0n) is 16.0. The highest BCUT2D eigenvalue weighted by Crippen LogP contribution is 2.29. The first-order valence-corrected chi connectivity index (χ1v) is 9.51. The lowest BCUT2D eigenvalue weighted by molar-refractivity contribution is 0.0270. The Labute approximate surface area is 155 Å². The summed E-state index contributed by atoms with van der Waals surface area (Å²) >= 11 is 0. The van der Waals surface area contributed by atoms with Crippen molar-refractivity contribution in [2.75, 3.05) is 24.1 Å². The van der Waals surface area contributed by atoms with Crippen molar-refractivity contribution in [1.29, 1.82) is 0 Å². The molecular formula is C20H30N4O2. The molecule has 1 aromatic rings. The Balaban J connectivity index is 1.67. The molecule has 0 atom stereocenters. The molecule has 2 aliphatic rings. The van der Waals surface area contributed by atoms with Crippen LogP contribution in [0.5, 0.6) is 0 Å². The first-order chi connectivity index (χ1) is 12.3. The van der Waals surface area contributed by atoms with Gasteiger partial charge in [0.1, 0.15) is 5.60 Å². The van der Waals surface area contributed by atoms with Crippen molar-refractivity contribution in [3.63, 3.8) is 0 Å². The number of carbonyl (C=O) groups excluding carboxylic acids is 1. The van der Waals surface area contributed by atoms with Crippen LogP contribution in [0.25, 0.3) is 5.57 Å². The molecule has 0 spiro atoms. The van der Waals surface area contributed by atoms with Gasteiger partial charge in [0.05, 0.1) is 23.3 Å². The molecule has 3 N–H and O–H groups in total. The van der Waals surface area contributed by atoms with Gasteiger partial charge in [0, 0.05) is 19.1 Å². The Morgan fingerprint density at radius 2 is 2.08 bits per heavy atom. The van der Waals surface area contributed by atoms with E-state index in [4.69, 9.17) is 10.5 Å². The molecule has 0 aromatic carbocycles. The summed E-state index contributed by atoms with van der Waals surface area (Å²) in [4.78, 5) is 18.4. The summed E-state index contributed by atoms with van der Waals surface area (Å²) in [6, 6.07) is 2.55. The highest BCUT2D eigenvalue weighted by molar-refractivity contribution is 5.75. The highest BCUT2D eigenvalue weighted by Gasteiger charge is 2.24. The fraction of sp³-hybridized carbons (Fsp3) is 0.600. The van der Waals surface area contributed by atoms with Crippen LogP contribution in [-0.2, 0) is 4.74 Å². The van der Waals surface area contributed by atoms with E-state index in [1.807, 2.05) is 26.8 Å². The third-order valence-electron chi connectivity index (χ3n) is 4.84. The van der Waals surface area contributed by atoms with Crippen molar-refractivity contribution in [3.05, 3.63) is 24.0 Å². The zero-order valence-corrected chi connectivity index (χ0v) is 16.0. The van der Waals surface area contributed by atoms with E-state index in [0.717, 1.165) is 23.4 Å². The summed E-state index contributed by atoms with van der Waals surface area (Å²) in [5.74, 6) is 0. The number of hydrogen-bond acceptors (Lipinski definition) is 5. The molecule has 6 heteroatoms. The molecule has 0 unspecified atom stereocenters. The molecular weight excluding hydrogens is 328 g/mol. The Morgan fingerprint density at radius 3 is 2.69 bits per heavy atom. The Morgan fingerprint density at radius 1 is 1.35 bits per heavy atom. The van der Waals surface area contributed by atoms with Gasteiger partial charge in [0.15, 0.2) is 0 Å². The number of aromatic nitrogens is 1. The molecule has 0 bridgehead atoms. The second-order valence-electron chi connectivity index (χ2n) is 8.19. The number of nitrogens with two attached hydrogens (primary N) is 1. The van der Waals surface area contributed by atoms with Crippen molar-refractivity contribution >= 4 is 23.0 Å². The maximum atomic E-state index is 12.2. The van der Waals surface area contributed by atoms with Gasteiger partial charge in [-0.05, 0) is 51.7 Å². The first-order valence-electron chi connectivity index (χ1n) is 9.51. The van der Waals surface area contributed by atoms with Gasteiger partial charge in [-0.1, -0.05) is 18.9 Å². The van der Waals surface area contributed by atoms with E-state index in [9.17, 15) is 4.79 Å². The second kappa shape index (κ2) is 7.56. The van der Waals surface area contributed by atoms with Crippen LogP contribution < -0.4 is 11.1 Å². The number of rotatable bonds is 3. The van der Waals surface area contributed by atoms with Gasteiger partial charge in [-0.2, -0.15) is 0 Å². The molecule has 2 heterocycles. The molecule has 26 heavy (non-hydrogen) atoms. The molecule has 1 aliphatic carbocycles. The van der Waals surface area contributed by atoms with Crippen molar-refractivity contribution in [1.82, 2.24) is 9.88 Å². The predicted octanol–water partition coefficient (Wildman–Crippen LogP) is 4.04. The van der Waals surface area contributed by atoms with E-state index in [1.54, 1.807) is 11.1 Å². The number of hydrogen-bond donors (Lipinski definition) is 2. The summed E-state index contributed by atoms with van der Waals surface area (Å²) in [5.41, 5.74) is 9.38. The molecule has 6 nitrogen and oxygen atoms in total. The van der Waals surface area contributed by atoms with Gasteiger partial charge in [0.25, 0.3) is 0 Å². The Bertz CT molecular complexity index is 688. The number of nitrogen functional groups attached to an aromatic ring is 1. The zero-order chi connectivity index (χ0) is 18.7. The minimum absolute atomic E-state index is 0.262. The van der Waals surface area contributed by atoms with Gasteiger partial charge in [-0.3, -0.25) is 4.98 Å². The summed E-state index contributed by atoms with van der Waals surface area (Å²) in [6.45, 7) is 6.83. The maximum Gasteiger partial charge on any atom is 0.410 e. The molecule has 1 fully saturated rings. The first kappa shape index (κ1) is 18.5. The van der Waals surface area contributed by atoms with Gasteiger partial charge >= 0.3 is 6.09 Å². The van der Waals surface area contributed by atoms with Gasteiger partial charge in [-0.15, -0.1) is 0 Å². The molecule has 0 saturated heterocycles. The maximum absolute atomic E-state index is 12.2. The third-order valence-corrected chi connectivity index (χ3v) is 4.84. The van der Waals surface area contributed by atoms with Crippen LogP contribution in [0.1, 0.15) is 58.6 Å². The van der Waals surface area contributed by atoms with Gasteiger partial charge < -0.3 is 20.7 Å². The van der Waals surface area contributed by atoms with Crippen LogP contribution in [-0.4, -0.2) is 40.7 Å². The Kier molecular flexibility index (Phi) is 5.39. The third kappa shape index (κ3) is 4.68. The molecule has 1 amide bonds. The van der Waals surface area contributed by atoms with E-state index in [2.05, 4.69) is 16.4 Å². The topological polar surface area (TPSA) is 80.5 Å². The highest BCUT2D eigenvalue weighted by atomic mass is 16.6. The summed E-state index contributed by atoms with van der Waals surface area (Å²) in [5, 5.41) is 3.56. The summed E-state index contributed by atoms with van der Waals surface area (Å²) in [6.07, 6.45) is 9.25. The van der Waals surface area contributed by atoms with Crippen LogP contribution in [0.3, 0.4) is 0 Å². The van der Waals surface area contributed by atoms with E-state index in [1.165, 1.54) is 25.7 Å².